The summed E-state index contributed by atoms with van der Waals surface area (Å²) in [7, 11) is 3.53. The van der Waals surface area contributed by atoms with E-state index in [9.17, 15) is 4.79 Å². The number of thiophene rings is 1. The van der Waals surface area contributed by atoms with Crippen molar-refractivity contribution in [3.63, 3.8) is 0 Å². The number of carbonyl (C=O) groups is 1. The van der Waals surface area contributed by atoms with Crippen LogP contribution in [-0.4, -0.2) is 33.4 Å². The first-order valence-electron chi connectivity index (χ1n) is 11.0. The molecule has 35 heavy (non-hydrogen) atoms. The Kier molecular flexibility index (Phi) is 6.05. The van der Waals surface area contributed by atoms with Crippen molar-refractivity contribution in [2.24, 2.45) is 12.0 Å². The Labute approximate surface area is 211 Å². The highest BCUT2D eigenvalue weighted by atomic mass is 35.5. The first kappa shape index (κ1) is 23.1. The molecule has 1 aliphatic heterocycles. The molecule has 1 aromatic carbocycles. The molecule has 4 heterocycles. The summed E-state index contributed by atoms with van der Waals surface area (Å²) in [4.78, 5) is 23.5. The Morgan fingerprint density at radius 2 is 2.00 bits per heavy atom. The van der Waals surface area contributed by atoms with Crippen molar-refractivity contribution in [1.82, 2.24) is 20.0 Å². The molecule has 0 radical (unpaired) electrons. The number of benzene rings is 1. The predicted molar refractivity (Wildman–Crippen MR) is 137 cm³/mol. The van der Waals surface area contributed by atoms with Gasteiger partial charge in [0.2, 0.25) is 5.91 Å². The van der Waals surface area contributed by atoms with E-state index in [4.69, 9.17) is 21.1 Å². The number of aryl methyl sites for hydroxylation is 2. The molecule has 0 fully saturated rings. The van der Waals surface area contributed by atoms with E-state index in [1.165, 1.54) is 0 Å². The highest BCUT2D eigenvalue weighted by Crippen LogP contribution is 2.46. The summed E-state index contributed by atoms with van der Waals surface area (Å²) < 4.78 is 7.65. The Balaban J connectivity index is 1.75. The fraction of sp³-hybridized carbons (Fsp3) is 0.231. The first-order valence-corrected chi connectivity index (χ1v) is 12.2. The first-order chi connectivity index (χ1) is 16.9. The highest BCUT2D eigenvalue weighted by Gasteiger charge is 2.34. The van der Waals surface area contributed by atoms with Gasteiger partial charge in [0.15, 0.2) is 5.76 Å². The fourth-order valence-corrected chi connectivity index (χ4v) is 5.49. The lowest BCUT2D eigenvalue weighted by Crippen LogP contribution is -2.20. The van der Waals surface area contributed by atoms with E-state index < -0.39 is 6.04 Å². The number of rotatable bonds is 3. The van der Waals surface area contributed by atoms with Gasteiger partial charge in [0.05, 0.1) is 45.7 Å². The third-order valence-corrected chi connectivity index (χ3v) is 7.46. The molecule has 1 aliphatic rings. The van der Waals surface area contributed by atoms with Crippen molar-refractivity contribution in [2.45, 2.75) is 26.3 Å². The molecule has 1 N–H and O–H groups in total. The van der Waals surface area contributed by atoms with Gasteiger partial charge in [0, 0.05) is 30.2 Å². The number of aromatic nitrogens is 3. The van der Waals surface area contributed by atoms with Crippen molar-refractivity contribution < 1.29 is 9.32 Å². The zero-order chi connectivity index (χ0) is 24.7. The van der Waals surface area contributed by atoms with Crippen molar-refractivity contribution in [2.75, 3.05) is 7.05 Å². The van der Waals surface area contributed by atoms with E-state index in [-0.39, 0.29) is 12.3 Å². The molecule has 5 rings (SSSR count). The van der Waals surface area contributed by atoms with Gasteiger partial charge in [-0.25, -0.2) is 4.98 Å². The number of hydrogen-bond acceptors (Lipinski definition) is 6. The lowest BCUT2D eigenvalue weighted by molar-refractivity contribution is -0.121. The molecule has 176 valence electrons. The maximum absolute atomic E-state index is 12.4. The van der Waals surface area contributed by atoms with Crippen LogP contribution in [0.3, 0.4) is 0 Å². The van der Waals surface area contributed by atoms with E-state index in [1.807, 2.05) is 42.8 Å². The Morgan fingerprint density at radius 3 is 2.69 bits per heavy atom. The largest absolute Gasteiger partial charge is 0.359 e. The topological polar surface area (TPSA) is 85.3 Å². The summed E-state index contributed by atoms with van der Waals surface area (Å²) in [6.45, 7) is 3.96. The molecule has 0 bridgehead atoms. The molecule has 7 nitrogen and oxygen atoms in total. The minimum absolute atomic E-state index is 0.126. The molecule has 3 aromatic heterocycles. The summed E-state index contributed by atoms with van der Waals surface area (Å²) in [5, 5.41) is 7.57. The van der Waals surface area contributed by atoms with Gasteiger partial charge in [-0.15, -0.1) is 11.3 Å². The van der Waals surface area contributed by atoms with Crippen LogP contribution < -0.4 is 5.32 Å². The lowest BCUT2D eigenvalue weighted by Gasteiger charge is -2.12. The molecular formula is C26H22ClN5O2S. The van der Waals surface area contributed by atoms with Gasteiger partial charge in [-0.1, -0.05) is 28.9 Å². The van der Waals surface area contributed by atoms with Gasteiger partial charge in [0.25, 0.3) is 0 Å². The summed E-state index contributed by atoms with van der Waals surface area (Å²) in [6.07, 6.45) is 3.62. The van der Waals surface area contributed by atoms with E-state index in [0.717, 1.165) is 49.1 Å². The van der Waals surface area contributed by atoms with Crippen LogP contribution in [0.5, 0.6) is 0 Å². The van der Waals surface area contributed by atoms with Crippen LogP contribution >= 0.6 is 22.9 Å². The monoisotopic (exact) mass is 503 g/mol. The maximum Gasteiger partial charge on any atom is 0.222 e. The Morgan fingerprint density at radius 1 is 1.23 bits per heavy atom. The van der Waals surface area contributed by atoms with E-state index in [0.29, 0.717) is 10.8 Å². The van der Waals surface area contributed by atoms with Crippen molar-refractivity contribution in [3.8, 4) is 22.3 Å². The number of fused-ring (bicyclic) bond motifs is 3. The van der Waals surface area contributed by atoms with Crippen LogP contribution in [0.2, 0.25) is 5.02 Å². The van der Waals surface area contributed by atoms with Gasteiger partial charge in [-0.2, -0.15) is 0 Å². The van der Waals surface area contributed by atoms with Gasteiger partial charge < -0.3 is 14.4 Å². The SMILES string of the molecule is CNC(=O)C[C@@H]1N=C(c2ccc(Cl)cc2)c2c(sc(C#Cc3cncn3C)c2C)-c2c(C)noc21. The summed E-state index contributed by atoms with van der Waals surface area (Å²) in [6, 6.07) is 7.05. The van der Waals surface area contributed by atoms with Crippen molar-refractivity contribution in [1.29, 1.82) is 0 Å². The van der Waals surface area contributed by atoms with Gasteiger partial charge >= 0.3 is 0 Å². The van der Waals surface area contributed by atoms with Crippen LogP contribution in [0.1, 0.15) is 51.2 Å². The Bertz CT molecular complexity index is 1530. The third-order valence-electron chi connectivity index (χ3n) is 5.98. The summed E-state index contributed by atoms with van der Waals surface area (Å²) >= 11 is 7.76. The normalized spacial score (nSPS) is 14.3. The minimum Gasteiger partial charge on any atom is -0.359 e. The average Bonchev–Trinajstić information content (AvgIpc) is 3.50. The highest BCUT2D eigenvalue weighted by molar-refractivity contribution is 7.16. The molecule has 1 amide bonds. The molecule has 0 unspecified atom stereocenters. The lowest BCUT2D eigenvalue weighted by atomic mass is 9.96. The molecule has 0 aliphatic carbocycles. The van der Waals surface area contributed by atoms with Gasteiger partial charge in [-0.05, 0) is 43.4 Å². The van der Waals surface area contributed by atoms with Gasteiger partial charge in [0.1, 0.15) is 11.7 Å². The van der Waals surface area contributed by atoms with Crippen molar-refractivity contribution in [3.05, 3.63) is 80.5 Å². The number of imidazole rings is 1. The Hall–Kier alpha value is -3.67. The number of nitrogens with zero attached hydrogens (tertiary/aromatic N) is 4. The molecule has 9 heteroatoms. The molecular weight excluding hydrogens is 482 g/mol. The van der Waals surface area contributed by atoms with Crippen LogP contribution in [-0.2, 0) is 11.8 Å². The van der Waals surface area contributed by atoms with Crippen LogP contribution in [0.4, 0.5) is 0 Å². The smallest absolute Gasteiger partial charge is 0.222 e. The maximum atomic E-state index is 12.4. The molecule has 4 aromatic rings. The minimum atomic E-state index is -0.514. The second-order valence-corrected chi connectivity index (χ2v) is 9.74. The second kappa shape index (κ2) is 9.17. The number of amides is 1. The second-order valence-electron chi connectivity index (χ2n) is 8.29. The number of halogens is 1. The number of hydrogen-bond donors (Lipinski definition) is 1. The fourth-order valence-electron chi connectivity index (χ4n) is 4.10. The number of nitrogens with one attached hydrogen (secondary N) is 1. The molecule has 0 spiro atoms. The molecule has 1 atom stereocenters. The standard InChI is InChI=1S/C26H22ClN5O2S/c1-14-20(10-9-18-12-29-13-32(18)4)35-26-22(14)24(16-5-7-17(27)8-6-16)30-19(11-21(33)28-3)25-23(26)15(2)31-34-25/h5-8,12-13,19H,11H2,1-4H3,(H,28,33)/t19-/m0/s1. The molecule has 0 saturated carbocycles. The quantitative estimate of drug-likeness (QED) is 0.405. The zero-order valence-corrected chi connectivity index (χ0v) is 21.2. The van der Waals surface area contributed by atoms with E-state index in [2.05, 4.69) is 34.2 Å². The summed E-state index contributed by atoms with van der Waals surface area (Å²) in [5.74, 6) is 7.01. The average molecular weight is 504 g/mol. The third kappa shape index (κ3) is 4.18. The van der Waals surface area contributed by atoms with Crippen LogP contribution in [0, 0.1) is 25.7 Å². The zero-order valence-electron chi connectivity index (χ0n) is 19.6. The van der Waals surface area contributed by atoms with Crippen LogP contribution in [0.25, 0.3) is 10.4 Å². The van der Waals surface area contributed by atoms with Crippen molar-refractivity contribution >= 4 is 34.6 Å². The van der Waals surface area contributed by atoms with Crippen LogP contribution in [0.15, 0.2) is 46.3 Å². The molecule has 0 saturated heterocycles. The summed E-state index contributed by atoms with van der Waals surface area (Å²) in [5.41, 5.74) is 6.12. The van der Waals surface area contributed by atoms with Gasteiger partial charge in [-0.3, -0.25) is 9.79 Å². The van der Waals surface area contributed by atoms with E-state index >= 15 is 0 Å². The predicted octanol–water partition coefficient (Wildman–Crippen LogP) is 4.83. The number of aliphatic imine (C=N–C) groups is 1. The number of carbonyl (C=O) groups excluding carboxylic acids is 1. The van der Waals surface area contributed by atoms with E-state index in [1.54, 1.807) is 30.9 Å².